The molecule has 142 valence electrons. The number of rotatable bonds is 9. The van der Waals surface area contributed by atoms with Crippen molar-refractivity contribution in [2.24, 2.45) is 5.10 Å². The van der Waals surface area contributed by atoms with Crippen LogP contribution in [0.1, 0.15) is 18.1 Å². The summed E-state index contributed by atoms with van der Waals surface area (Å²) in [6.07, 6.45) is 3.48. The average molecular weight is 496 g/mol. The van der Waals surface area contributed by atoms with Gasteiger partial charge >= 0.3 is 0 Å². The fraction of sp³-hybridized carbons (Fsp3) is 0.200. The molecule has 0 fully saturated rings. The van der Waals surface area contributed by atoms with Crippen molar-refractivity contribution >= 4 is 44.0 Å². The van der Waals surface area contributed by atoms with Crippen LogP contribution in [0.4, 0.5) is 0 Å². The third-order valence-electron chi connectivity index (χ3n) is 3.36. The number of benzene rings is 2. The van der Waals surface area contributed by atoms with Gasteiger partial charge in [0.15, 0.2) is 11.5 Å². The molecule has 0 saturated heterocycles. The lowest BCUT2D eigenvalue weighted by Crippen LogP contribution is -2.19. The molecule has 1 N–H and O–H groups in total. The fourth-order valence-corrected chi connectivity index (χ4v) is 3.05. The van der Waals surface area contributed by atoms with Gasteiger partial charge in [-0.25, -0.2) is 5.43 Å². The lowest BCUT2D eigenvalue weighted by molar-refractivity contribution is -0.120. The Balaban J connectivity index is 2.03. The number of halogens is 2. The van der Waals surface area contributed by atoms with Crippen LogP contribution in [0.3, 0.4) is 0 Å². The van der Waals surface area contributed by atoms with Crippen LogP contribution in [0.2, 0.25) is 0 Å². The summed E-state index contributed by atoms with van der Waals surface area (Å²) in [6.45, 7) is 6.42. The second-order valence-corrected chi connectivity index (χ2v) is 7.23. The summed E-state index contributed by atoms with van der Waals surface area (Å²) in [7, 11) is 0. The van der Waals surface area contributed by atoms with Crippen molar-refractivity contribution in [3.8, 4) is 11.5 Å². The zero-order chi connectivity index (χ0) is 19.6. The van der Waals surface area contributed by atoms with E-state index in [2.05, 4.69) is 49.0 Å². The minimum Gasteiger partial charge on any atom is -0.490 e. The zero-order valence-electron chi connectivity index (χ0n) is 14.9. The number of nitrogens with one attached hydrogen (secondary N) is 1. The van der Waals surface area contributed by atoms with Crippen LogP contribution < -0.4 is 14.9 Å². The molecule has 0 aromatic heterocycles. The summed E-state index contributed by atoms with van der Waals surface area (Å²) < 4.78 is 13.0. The Morgan fingerprint density at radius 3 is 2.63 bits per heavy atom. The second-order valence-electron chi connectivity index (χ2n) is 5.46. The number of hydrogen-bond donors (Lipinski definition) is 1. The Morgan fingerprint density at radius 2 is 1.96 bits per heavy atom. The van der Waals surface area contributed by atoms with Crippen LogP contribution in [-0.2, 0) is 11.2 Å². The molecule has 0 aliphatic heterocycles. The molecule has 0 aliphatic carbocycles. The van der Waals surface area contributed by atoms with E-state index < -0.39 is 0 Å². The first kappa shape index (κ1) is 21.2. The molecular formula is C20H20Br2N2O3. The average Bonchev–Trinajstić information content (AvgIpc) is 2.63. The van der Waals surface area contributed by atoms with Gasteiger partial charge in [-0.2, -0.15) is 5.10 Å². The van der Waals surface area contributed by atoms with Gasteiger partial charge < -0.3 is 9.47 Å². The van der Waals surface area contributed by atoms with Crippen LogP contribution >= 0.6 is 31.9 Å². The Labute approximate surface area is 175 Å². The molecule has 0 atom stereocenters. The van der Waals surface area contributed by atoms with E-state index >= 15 is 0 Å². The first-order valence-corrected chi connectivity index (χ1v) is 9.88. The minimum absolute atomic E-state index is 0.191. The van der Waals surface area contributed by atoms with Gasteiger partial charge in [0.05, 0.1) is 23.7 Å². The quantitative estimate of drug-likeness (QED) is 0.307. The fourth-order valence-electron chi connectivity index (χ4n) is 2.21. The third-order valence-corrected chi connectivity index (χ3v) is 4.48. The van der Waals surface area contributed by atoms with Gasteiger partial charge in [-0.1, -0.05) is 40.7 Å². The number of hydrogen-bond acceptors (Lipinski definition) is 4. The van der Waals surface area contributed by atoms with Crippen molar-refractivity contribution in [3.63, 3.8) is 0 Å². The topological polar surface area (TPSA) is 59.9 Å². The summed E-state index contributed by atoms with van der Waals surface area (Å²) >= 11 is 6.85. The van der Waals surface area contributed by atoms with E-state index in [9.17, 15) is 4.79 Å². The van der Waals surface area contributed by atoms with E-state index in [0.717, 1.165) is 20.1 Å². The van der Waals surface area contributed by atoms with Crippen LogP contribution in [-0.4, -0.2) is 25.3 Å². The lowest BCUT2D eigenvalue weighted by Gasteiger charge is -2.13. The van der Waals surface area contributed by atoms with E-state index in [1.807, 2.05) is 37.3 Å². The largest absolute Gasteiger partial charge is 0.490 e. The van der Waals surface area contributed by atoms with Crippen LogP contribution in [0.15, 0.2) is 63.1 Å². The first-order valence-electron chi connectivity index (χ1n) is 8.29. The molecule has 0 saturated carbocycles. The number of amides is 1. The SMILES string of the molecule is C=CCOc1c(Br)cc(/C=N\NC(=O)Cc2ccc(Br)cc2)cc1OCC. The minimum atomic E-state index is -0.191. The number of carbonyl (C=O) groups excluding carboxylic acids is 1. The maximum Gasteiger partial charge on any atom is 0.244 e. The van der Waals surface area contributed by atoms with Gasteiger partial charge in [-0.3, -0.25) is 4.79 Å². The zero-order valence-corrected chi connectivity index (χ0v) is 18.0. The van der Waals surface area contributed by atoms with Crippen molar-refractivity contribution in [3.05, 3.63) is 69.1 Å². The molecular weight excluding hydrogens is 476 g/mol. The molecule has 2 rings (SSSR count). The summed E-state index contributed by atoms with van der Waals surface area (Å²) in [6, 6.07) is 11.2. The molecule has 0 spiro atoms. The van der Waals surface area contributed by atoms with E-state index in [1.54, 1.807) is 18.4 Å². The second kappa shape index (κ2) is 10.9. The Kier molecular flexibility index (Phi) is 8.54. The molecule has 0 unspecified atom stereocenters. The predicted molar refractivity (Wildman–Crippen MR) is 115 cm³/mol. The summed E-state index contributed by atoms with van der Waals surface area (Å²) in [5, 5.41) is 4.02. The number of carbonyl (C=O) groups is 1. The van der Waals surface area contributed by atoms with E-state index in [4.69, 9.17) is 9.47 Å². The Hall–Kier alpha value is -2.12. The van der Waals surface area contributed by atoms with Crippen molar-refractivity contribution in [2.45, 2.75) is 13.3 Å². The highest BCUT2D eigenvalue weighted by molar-refractivity contribution is 9.10. The maximum atomic E-state index is 12.0. The van der Waals surface area contributed by atoms with Crippen LogP contribution in [0.25, 0.3) is 0 Å². The van der Waals surface area contributed by atoms with Gasteiger partial charge in [0.1, 0.15) is 6.61 Å². The predicted octanol–water partition coefficient (Wildman–Crippen LogP) is 4.87. The molecule has 0 bridgehead atoms. The monoisotopic (exact) mass is 494 g/mol. The van der Waals surface area contributed by atoms with Gasteiger partial charge in [0, 0.05) is 4.47 Å². The smallest absolute Gasteiger partial charge is 0.244 e. The highest BCUT2D eigenvalue weighted by Gasteiger charge is 2.11. The molecule has 2 aromatic rings. The normalized spacial score (nSPS) is 10.6. The highest BCUT2D eigenvalue weighted by Crippen LogP contribution is 2.36. The van der Waals surface area contributed by atoms with Crippen LogP contribution in [0, 0.1) is 0 Å². The van der Waals surface area contributed by atoms with Crippen molar-refractivity contribution < 1.29 is 14.3 Å². The lowest BCUT2D eigenvalue weighted by atomic mass is 10.1. The number of hydrazone groups is 1. The molecule has 0 radical (unpaired) electrons. The molecule has 0 heterocycles. The standard InChI is InChI=1S/C20H20Br2N2O3/c1-3-9-27-20-17(22)10-15(11-18(20)26-4-2)13-23-24-19(25)12-14-5-7-16(21)8-6-14/h3,5-8,10-11,13H,1,4,9,12H2,2H3,(H,24,25)/b23-13-. The van der Waals surface area contributed by atoms with Crippen molar-refractivity contribution in [1.29, 1.82) is 0 Å². The van der Waals surface area contributed by atoms with Crippen molar-refractivity contribution in [1.82, 2.24) is 5.43 Å². The van der Waals surface area contributed by atoms with Crippen LogP contribution in [0.5, 0.6) is 11.5 Å². The summed E-state index contributed by atoms with van der Waals surface area (Å²) in [4.78, 5) is 12.0. The van der Waals surface area contributed by atoms with E-state index in [1.165, 1.54) is 0 Å². The van der Waals surface area contributed by atoms with Crippen molar-refractivity contribution in [2.75, 3.05) is 13.2 Å². The Bertz CT molecular complexity index is 821. The molecule has 0 aliphatic rings. The van der Waals surface area contributed by atoms with E-state index in [-0.39, 0.29) is 12.3 Å². The first-order chi connectivity index (χ1) is 13.0. The van der Waals surface area contributed by atoms with E-state index in [0.29, 0.717) is 24.7 Å². The van der Waals surface area contributed by atoms with Gasteiger partial charge in [0.2, 0.25) is 5.91 Å². The van der Waals surface area contributed by atoms with Gasteiger partial charge in [-0.15, -0.1) is 0 Å². The Morgan fingerprint density at radius 1 is 1.22 bits per heavy atom. The number of ether oxygens (including phenoxy) is 2. The molecule has 2 aromatic carbocycles. The molecule has 7 heteroatoms. The highest BCUT2D eigenvalue weighted by atomic mass is 79.9. The number of nitrogens with zero attached hydrogens (tertiary/aromatic N) is 1. The summed E-state index contributed by atoms with van der Waals surface area (Å²) in [5.41, 5.74) is 4.21. The maximum absolute atomic E-state index is 12.0. The molecule has 5 nitrogen and oxygen atoms in total. The molecule has 27 heavy (non-hydrogen) atoms. The summed E-state index contributed by atoms with van der Waals surface area (Å²) in [5.74, 6) is 1.01. The van der Waals surface area contributed by atoms with Gasteiger partial charge in [-0.05, 0) is 58.2 Å². The molecule has 1 amide bonds. The third kappa shape index (κ3) is 6.84. The van der Waals surface area contributed by atoms with Gasteiger partial charge in [0.25, 0.3) is 0 Å².